The highest BCUT2D eigenvalue weighted by atomic mass is 35.5. The van der Waals surface area contributed by atoms with Gasteiger partial charge in [0.25, 0.3) is 5.91 Å². The molecular weight excluding hydrogens is 302 g/mol. The predicted molar refractivity (Wildman–Crippen MR) is 86.5 cm³/mol. The molecule has 2 aromatic rings. The quantitative estimate of drug-likeness (QED) is 0.864. The highest BCUT2D eigenvalue weighted by Gasteiger charge is 2.12. The first-order valence-corrected chi connectivity index (χ1v) is 7.23. The van der Waals surface area contributed by atoms with Crippen LogP contribution in [0.1, 0.15) is 33.2 Å². The topological polar surface area (TPSA) is 55.4 Å². The second-order valence-electron chi connectivity index (χ2n) is 4.74. The average molecular weight is 318 g/mol. The zero-order valence-electron chi connectivity index (χ0n) is 12.4. The summed E-state index contributed by atoms with van der Waals surface area (Å²) >= 11 is 6.11. The van der Waals surface area contributed by atoms with Crippen LogP contribution in [0.25, 0.3) is 0 Å². The Labute approximate surface area is 134 Å². The smallest absolute Gasteiger partial charge is 0.338 e. The molecule has 0 atom stereocenters. The van der Waals surface area contributed by atoms with E-state index in [1.165, 1.54) is 6.07 Å². The van der Waals surface area contributed by atoms with Crippen LogP contribution in [0.4, 0.5) is 5.69 Å². The Bertz CT molecular complexity index is 696. The molecule has 1 amide bonds. The Morgan fingerprint density at radius 3 is 2.32 bits per heavy atom. The largest absolute Gasteiger partial charge is 0.462 e. The van der Waals surface area contributed by atoms with Gasteiger partial charge in [0.15, 0.2) is 0 Å². The highest BCUT2D eigenvalue weighted by molar-refractivity contribution is 6.34. The Kier molecular flexibility index (Phi) is 5.17. The molecule has 0 spiro atoms. The van der Waals surface area contributed by atoms with E-state index in [0.29, 0.717) is 23.4 Å². The van der Waals surface area contributed by atoms with Crippen LogP contribution in [0, 0.1) is 6.92 Å². The van der Waals surface area contributed by atoms with Gasteiger partial charge in [-0.25, -0.2) is 4.79 Å². The van der Waals surface area contributed by atoms with Gasteiger partial charge in [-0.15, -0.1) is 0 Å². The number of anilines is 1. The number of halogens is 1. The lowest BCUT2D eigenvalue weighted by atomic mass is 10.1. The molecule has 0 aromatic heterocycles. The van der Waals surface area contributed by atoms with Gasteiger partial charge in [0, 0.05) is 5.56 Å². The summed E-state index contributed by atoms with van der Waals surface area (Å²) in [6, 6.07) is 11.8. The molecule has 0 saturated carbocycles. The number of nitrogens with one attached hydrogen (secondary N) is 1. The second kappa shape index (κ2) is 7.09. The molecule has 0 radical (unpaired) electrons. The molecule has 114 valence electrons. The Hall–Kier alpha value is -2.33. The van der Waals surface area contributed by atoms with E-state index in [9.17, 15) is 9.59 Å². The third-order valence-electron chi connectivity index (χ3n) is 3.04. The zero-order valence-corrected chi connectivity index (χ0v) is 13.1. The number of carbonyl (C=O) groups excluding carboxylic acids is 2. The highest BCUT2D eigenvalue weighted by Crippen LogP contribution is 2.24. The second-order valence-corrected chi connectivity index (χ2v) is 5.14. The van der Waals surface area contributed by atoms with Crippen molar-refractivity contribution in [1.82, 2.24) is 0 Å². The summed E-state index contributed by atoms with van der Waals surface area (Å²) in [5.41, 5.74) is 2.41. The van der Waals surface area contributed by atoms with Crippen LogP contribution in [0.2, 0.25) is 5.02 Å². The first kappa shape index (κ1) is 16.0. The van der Waals surface area contributed by atoms with Gasteiger partial charge >= 0.3 is 5.97 Å². The van der Waals surface area contributed by atoms with Crippen LogP contribution in [-0.2, 0) is 4.74 Å². The van der Waals surface area contributed by atoms with Gasteiger partial charge in [-0.05, 0) is 44.2 Å². The summed E-state index contributed by atoms with van der Waals surface area (Å²) in [6.07, 6.45) is 0. The lowest BCUT2D eigenvalue weighted by molar-refractivity contribution is 0.0526. The molecular formula is C17H16ClNO3. The Balaban J connectivity index is 2.14. The summed E-state index contributed by atoms with van der Waals surface area (Å²) in [4.78, 5) is 23.8. The van der Waals surface area contributed by atoms with Gasteiger partial charge in [-0.3, -0.25) is 4.79 Å². The molecule has 0 saturated heterocycles. The van der Waals surface area contributed by atoms with E-state index in [0.717, 1.165) is 5.56 Å². The molecule has 5 heteroatoms. The van der Waals surface area contributed by atoms with Gasteiger partial charge in [0.1, 0.15) is 0 Å². The van der Waals surface area contributed by atoms with Crippen molar-refractivity contribution in [2.75, 3.05) is 11.9 Å². The molecule has 0 fully saturated rings. The fraction of sp³-hybridized carbons (Fsp3) is 0.176. The van der Waals surface area contributed by atoms with Crippen molar-refractivity contribution in [2.24, 2.45) is 0 Å². The number of amides is 1. The van der Waals surface area contributed by atoms with E-state index < -0.39 is 5.97 Å². The minimum Gasteiger partial charge on any atom is -0.462 e. The third kappa shape index (κ3) is 3.86. The fourth-order valence-electron chi connectivity index (χ4n) is 1.86. The standard InChI is InChI=1S/C17H16ClNO3/c1-3-22-17(21)13-8-9-15(14(18)10-13)19-16(20)12-6-4-11(2)5-7-12/h4-10H,3H2,1-2H3,(H,19,20). The van der Waals surface area contributed by atoms with Gasteiger partial charge in [-0.1, -0.05) is 29.3 Å². The number of rotatable bonds is 4. The van der Waals surface area contributed by atoms with Gasteiger partial charge in [0.05, 0.1) is 22.9 Å². The van der Waals surface area contributed by atoms with E-state index in [4.69, 9.17) is 16.3 Å². The average Bonchev–Trinajstić information content (AvgIpc) is 2.50. The van der Waals surface area contributed by atoms with Crippen molar-refractivity contribution in [3.05, 3.63) is 64.2 Å². The molecule has 1 N–H and O–H groups in total. The molecule has 2 rings (SSSR count). The number of aryl methyl sites for hydroxylation is 1. The van der Waals surface area contributed by atoms with Crippen LogP contribution < -0.4 is 5.32 Å². The maximum Gasteiger partial charge on any atom is 0.338 e. The third-order valence-corrected chi connectivity index (χ3v) is 3.35. The lowest BCUT2D eigenvalue weighted by Crippen LogP contribution is -2.12. The number of ether oxygens (including phenoxy) is 1. The van der Waals surface area contributed by atoms with E-state index in [1.54, 1.807) is 31.2 Å². The number of esters is 1. The van der Waals surface area contributed by atoms with Gasteiger partial charge in [0.2, 0.25) is 0 Å². The molecule has 4 nitrogen and oxygen atoms in total. The summed E-state index contributed by atoms with van der Waals surface area (Å²) in [5, 5.41) is 3.00. The van der Waals surface area contributed by atoms with Crippen molar-refractivity contribution in [2.45, 2.75) is 13.8 Å². The first-order valence-electron chi connectivity index (χ1n) is 6.86. The van der Waals surface area contributed by atoms with Gasteiger partial charge in [-0.2, -0.15) is 0 Å². The zero-order chi connectivity index (χ0) is 16.1. The molecule has 2 aromatic carbocycles. The number of carbonyl (C=O) groups is 2. The van der Waals surface area contributed by atoms with Crippen molar-refractivity contribution >= 4 is 29.2 Å². The van der Waals surface area contributed by atoms with E-state index in [1.807, 2.05) is 19.1 Å². The predicted octanol–water partition coefficient (Wildman–Crippen LogP) is 4.08. The molecule has 0 aliphatic heterocycles. The normalized spacial score (nSPS) is 10.1. The summed E-state index contributed by atoms with van der Waals surface area (Å²) in [5.74, 6) is -0.702. The summed E-state index contributed by atoms with van der Waals surface area (Å²) in [7, 11) is 0. The van der Waals surface area contributed by atoms with E-state index in [2.05, 4.69) is 5.32 Å². The van der Waals surface area contributed by atoms with E-state index >= 15 is 0 Å². The number of hydrogen-bond donors (Lipinski definition) is 1. The fourth-order valence-corrected chi connectivity index (χ4v) is 2.09. The van der Waals surface area contributed by atoms with Crippen LogP contribution in [0.5, 0.6) is 0 Å². The van der Waals surface area contributed by atoms with Crippen molar-refractivity contribution < 1.29 is 14.3 Å². The lowest BCUT2D eigenvalue weighted by Gasteiger charge is -2.09. The van der Waals surface area contributed by atoms with Gasteiger partial charge < -0.3 is 10.1 Å². The maximum atomic E-state index is 12.1. The molecule has 0 aliphatic rings. The monoisotopic (exact) mass is 317 g/mol. The Morgan fingerprint density at radius 1 is 1.09 bits per heavy atom. The van der Waals surface area contributed by atoms with Crippen LogP contribution >= 0.6 is 11.6 Å². The minimum atomic E-state index is -0.444. The summed E-state index contributed by atoms with van der Waals surface area (Å²) in [6.45, 7) is 3.98. The van der Waals surface area contributed by atoms with Crippen LogP contribution in [0.3, 0.4) is 0 Å². The molecule has 0 aliphatic carbocycles. The SMILES string of the molecule is CCOC(=O)c1ccc(NC(=O)c2ccc(C)cc2)c(Cl)c1. The molecule has 0 bridgehead atoms. The van der Waals surface area contributed by atoms with Crippen molar-refractivity contribution in [3.8, 4) is 0 Å². The van der Waals surface area contributed by atoms with Crippen molar-refractivity contribution in [1.29, 1.82) is 0 Å². The number of hydrogen-bond acceptors (Lipinski definition) is 3. The molecule has 22 heavy (non-hydrogen) atoms. The Morgan fingerprint density at radius 2 is 1.73 bits per heavy atom. The minimum absolute atomic E-state index is 0.259. The van der Waals surface area contributed by atoms with Crippen LogP contribution in [-0.4, -0.2) is 18.5 Å². The van der Waals surface area contributed by atoms with Crippen molar-refractivity contribution in [3.63, 3.8) is 0 Å². The summed E-state index contributed by atoms with van der Waals surface area (Å²) < 4.78 is 4.90. The van der Waals surface area contributed by atoms with Crippen LogP contribution in [0.15, 0.2) is 42.5 Å². The van der Waals surface area contributed by atoms with E-state index in [-0.39, 0.29) is 10.9 Å². The maximum absolute atomic E-state index is 12.1. The first-order chi connectivity index (χ1) is 10.5. The molecule has 0 heterocycles. The molecule has 0 unspecified atom stereocenters. The number of benzene rings is 2.